The van der Waals surface area contributed by atoms with Crippen LogP contribution in [0.4, 0.5) is 0 Å². The molecular formula is C4H10KNO2. The third kappa shape index (κ3) is 5.21. The molecule has 0 aromatic heterocycles. The first-order chi connectivity index (χ1) is 2.94. The zero-order valence-electron chi connectivity index (χ0n) is 6.43. The largest absolute Gasteiger partial charge is 1.00 e. The van der Waals surface area contributed by atoms with Crippen LogP contribution in [0.3, 0.4) is 0 Å². The van der Waals surface area contributed by atoms with Crippen molar-refractivity contribution in [3.05, 3.63) is 0 Å². The van der Waals surface area contributed by atoms with Gasteiger partial charge in [0.25, 0.3) is 0 Å². The fourth-order valence-corrected chi connectivity index (χ4v) is 0. The molecule has 0 rings (SSSR count). The number of carbonyl (C=O) groups is 1. The van der Waals surface area contributed by atoms with E-state index in [-0.39, 0.29) is 52.8 Å². The average molecular weight is 143 g/mol. The number of hydrogen-bond donors (Lipinski definition) is 2. The van der Waals surface area contributed by atoms with Crippen LogP contribution in [0.25, 0.3) is 0 Å². The normalized spacial score (nSPS) is 9.88. The van der Waals surface area contributed by atoms with E-state index in [2.05, 4.69) is 0 Å². The predicted octanol–water partition coefficient (Wildman–Crippen LogP) is -3.08. The third-order valence-corrected chi connectivity index (χ3v) is 0.551. The van der Waals surface area contributed by atoms with Crippen molar-refractivity contribution in [1.29, 1.82) is 0 Å². The predicted molar refractivity (Wildman–Crippen MR) is 27.0 cm³/mol. The van der Waals surface area contributed by atoms with Crippen LogP contribution in [-0.4, -0.2) is 16.6 Å². The Morgan fingerprint density at radius 1 is 1.75 bits per heavy atom. The standard InChI is InChI=1S/C4H9NO2.K.H/c1-4(2,5)3(6)7;;/h5H2,1-2H3,(H,6,7);;/q;+1;-1. The summed E-state index contributed by atoms with van der Waals surface area (Å²) in [6.07, 6.45) is 0. The number of carboxylic acid groups (broad SMARTS) is 1. The van der Waals surface area contributed by atoms with Gasteiger partial charge >= 0.3 is 57.4 Å². The number of aliphatic carboxylic acids is 1. The van der Waals surface area contributed by atoms with Gasteiger partial charge in [-0.15, -0.1) is 0 Å². The summed E-state index contributed by atoms with van der Waals surface area (Å²) in [5.41, 5.74) is 4.00. The molecule has 0 fully saturated rings. The second-order valence-electron chi connectivity index (χ2n) is 2.03. The molecule has 0 spiro atoms. The molecule has 0 aromatic rings. The Hall–Kier alpha value is 1.07. The first-order valence-corrected chi connectivity index (χ1v) is 1.97. The SMILES string of the molecule is CC(C)(N)C(=O)O.[H-].[K+]. The summed E-state index contributed by atoms with van der Waals surface area (Å²) >= 11 is 0. The van der Waals surface area contributed by atoms with E-state index in [1.54, 1.807) is 0 Å². The van der Waals surface area contributed by atoms with E-state index < -0.39 is 11.5 Å². The first kappa shape index (κ1) is 11.8. The topological polar surface area (TPSA) is 63.3 Å². The molecule has 3 nitrogen and oxygen atoms in total. The Bertz CT molecular complexity index is 91.1. The van der Waals surface area contributed by atoms with E-state index in [1.165, 1.54) is 13.8 Å². The number of rotatable bonds is 1. The van der Waals surface area contributed by atoms with Gasteiger partial charge in [0.15, 0.2) is 0 Å². The van der Waals surface area contributed by atoms with Crippen LogP contribution in [0, 0.1) is 0 Å². The Morgan fingerprint density at radius 3 is 1.88 bits per heavy atom. The van der Waals surface area contributed by atoms with Gasteiger partial charge in [-0.25, -0.2) is 0 Å². The number of hydrogen-bond acceptors (Lipinski definition) is 2. The quantitative estimate of drug-likeness (QED) is 0.383. The summed E-state index contributed by atoms with van der Waals surface area (Å²) in [4.78, 5) is 9.90. The second-order valence-corrected chi connectivity index (χ2v) is 2.03. The molecule has 0 saturated heterocycles. The van der Waals surface area contributed by atoms with Crippen molar-refractivity contribution in [1.82, 2.24) is 0 Å². The van der Waals surface area contributed by atoms with Crippen LogP contribution >= 0.6 is 0 Å². The minimum Gasteiger partial charge on any atom is -1.00 e. The van der Waals surface area contributed by atoms with Crippen LogP contribution in [0.2, 0.25) is 0 Å². The Kier molecular flexibility index (Phi) is 5.87. The molecule has 0 aliphatic rings. The van der Waals surface area contributed by atoms with Gasteiger partial charge in [-0.3, -0.25) is 4.79 Å². The summed E-state index contributed by atoms with van der Waals surface area (Å²) in [5.74, 6) is -0.979. The number of carboxylic acids is 1. The van der Waals surface area contributed by atoms with E-state index in [9.17, 15) is 4.79 Å². The maximum Gasteiger partial charge on any atom is 1.00 e. The summed E-state index contributed by atoms with van der Waals surface area (Å²) in [5, 5.41) is 8.12. The smallest absolute Gasteiger partial charge is 1.00 e. The van der Waals surface area contributed by atoms with E-state index in [0.717, 1.165) is 0 Å². The van der Waals surface area contributed by atoms with Crippen molar-refractivity contribution in [3.63, 3.8) is 0 Å². The Morgan fingerprint density at radius 2 is 1.88 bits per heavy atom. The molecule has 0 aromatic carbocycles. The van der Waals surface area contributed by atoms with Gasteiger partial charge in [-0.1, -0.05) is 0 Å². The van der Waals surface area contributed by atoms with E-state index in [0.29, 0.717) is 0 Å². The van der Waals surface area contributed by atoms with E-state index in [4.69, 9.17) is 10.8 Å². The molecule has 3 N–H and O–H groups in total. The second kappa shape index (κ2) is 3.97. The summed E-state index contributed by atoms with van der Waals surface area (Å²) in [7, 11) is 0. The van der Waals surface area contributed by atoms with Gasteiger partial charge in [0, 0.05) is 0 Å². The van der Waals surface area contributed by atoms with Crippen molar-refractivity contribution >= 4 is 5.97 Å². The minimum atomic E-state index is -1.08. The molecule has 0 radical (unpaired) electrons. The first-order valence-electron chi connectivity index (χ1n) is 1.97. The minimum absolute atomic E-state index is 0. The molecule has 0 saturated carbocycles. The van der Waals surface area contributed by atoms with Gasteiger partial charge in [0.05, 0.1) is 0 Å². The van der Waals surface area contributed by atoms with Crippen LogP contribution in [-0.2, 0) is 4.79 Å². The molecule has 0 aliphatic carbocycles. The van der Waals surface area contributed by atoms with Crippen molar-refractivity contribution in [2.24, 2.45) is 5.73 Å². The molecule has 0 unspecified atom stereocenters. The molecule has 44 valence electrons. The zero-order valence-corrected chi connectivity index (χ0v) is 8.56. The molecule has 0 aliphatic heterocycles. The van der Waals surface area contributed by atoms with Crippen molar-refractivity contribution in [2.45, 2.75) is 19.4 Å². The molecule has 0 amide bonds. The summed E-state index contributed by atoms with van der Waals surface area (Å²) in [6.45, 7) is 2.88. The summed E-state index contributed by atoms with van der Waals surface area (Å²) < 4.78 is 0. The van der Waals surface area contributed by atoms with Crippen molar-refractivity contribution in [2.75, 3.05) is 0 Å². The fraction of sp³-hybridized carbons (Fsp3) is 0.750. The number of nitrogens with two attached hydrogens (primary N) is 1. The molecular weight excluding hydrogens is 133 g/mol. The molecule has 8 heavy (non-hydrogen) atoms. The van der Waals surface area contributed by atoms with Gasteiger partial charge in [0.2, 0.25) is 0 Å². The van der Waals surface area contributed by atoms with Gasteiger partial charge in [-0.2, -0.15) is 0 Å². The fourth-order valence-electron chi connectivity index (χ4n) is 0. The molecule has 4 heteroatoms. The van der Waals surface area contributed by atoms with E-state index in [1.807, 2.05) is 0 Å². The monoisotopic (exact) mass is 143 g/mol. The van der Waals surface area contributed by atoms with Gasteiger partial charge in [-0.05, 0) is 13.8 Å². The molecule has 0 atom stereocenters. The summed E-state index contributed by atoms with van der Waals surface area (Å²) in [6, 6.07) is 0. The third-order valence-electron chi connectivity index (χ3n) is 0.551. The van der Waals surface area contributed by atoms with Gasteiger partial charge in [0.1, 0.15) is 5.54 Å². The van der Waals surface area contributed by atoms with Crippen LogP contribution < -0.4 is 57.1 Å². The van der Waals surface area contributed by atoms with Crippen molar-refractivity contribution in [3.8, 4) is 0 Å². The maximum absolute atomic E-state index is 9.90. The van der Waals surface area contributed by atoms with Crippen LogP contribution in [0.5, 0.6) is 0 Å². The van der Waals surface area contributed by atoms with Crippen molar-refractivity contribution < 1.29 is 62.7 Å². The molecule has 0 bridgehead atoms. The maximum atomic E-state index is 9.90. The Labute approximate surface area is 92.5 Å². The average Bonchev–Trinajstić information content (AvgIpc) is 1.31. The Balaban J connectivity index is -0.000000180. The van der Waals surface area contributed by atoms with Gasteiger partial charge < -0.3 is 12.3 Å². The molecule has 0 heterocycles. The van der Waals surface area contributed by atoms with Crippen LogP contribution in [0.1, 0.15) is 15.3 Å². The zero-order chi connectivity index (χ0) is 6.08. The van der Waals surface area contributed by atoms with Crippen LogP contribution in [0.15, 0.2) is 0 Å². The van der Waals surface area contributed by atoms with E-state index >= 15 is 0 Å².